The van der Waals surface area contributed by atoms with E-state index in [-0.39, 0.29) is 16.6 Å². The van der Waals surface area contributed by atoms with Crippen LogP contribution in [0.15, 0.2) is 23.1 Å². The van der Waals surface area contributed by atoms with E-state index in [0.717, 1.165) is 18.4 Å². The van der Waals surface area contributed by atoms with Crippen molar-refractivity contribution in [1.82, 2.24) is 0 Å². The molecule has 1 atom stereocenters. The second-order valence-electron chi connectivity index (χ2n) is 4.72. The highest BCUT2D eigenvalue weighted by molar-refractivity contribution is 7.91. The van der Waals surface area contributed by atoms with Crippen LogP contribution in [0.2, 0.25) is 0 Å². The second kappa shape index (κ2) is 5.54. The fraction of sp³-hybridized carbons (Fsp3) is 0.538. The van der Waals surface area contributed by atoms with Gasteiger partial charge in [-0.2, -0.15) is 0 Å². The minimum atomic E-state index is -3.26. The van der Waals surface area contributed by atoms with Crippen molar-refractivity contribution >= 4 is 15.5 Å². The predicted octanol–water partition coefficient (Wildman–Crippen LogP) is 2.79. The maximum atomic E-state index is 12.2. The van der Waals surface area contributed by atoms with Gasteiger partial charge in [-0.3, -0.25) is 0 Å². The molecule has 3 nitrogen and oxygen atoms in total. The fourth-order valence-electron chi connectivity index (χ4n) is 1.95. The van der Waals surface area contributed by atoms with E-state index in [1.807, 2.05) is 19.9 Å². The fourth-order valence-corrected chi connectivity index (χ4v) is 3.84. The van der Waals surface area contributed by atoms with Gasteiger partial charge in [0.2, 0.25) is 0 Å². The summed E-state index contributed by atoms with van der Waals surface area (Å²) >= 11 is 0. The van der Waals surface area contributed by atoms with Crippen LogP contribution < -0.4 is 5.73 Å². The molecule has 0 aliphatic carbocycles. The van der Waals surface area contributed by atoms with Gasteiger partial charge >= 0.3 is 0 Å². The van der Waals surface area contributed by atoms with Gasteiger partial charge in [-0.15, -0.1) is 0 Å². The smallest absolute Gasteiger partial charge is 0.180 e. The van der Waals surface area contributed by atoms with E-state index in [1.165, 1.54) is 0 Å². The number of sulfone groups is 1. The Morgan fingerprint density at radius 3 is 2.59 bits per heavy atom. The van der Waals surface area contributed by atoms with Crippen LogP contribution in [0, 0.1) is 12.8 Å². The number of nitrogen functional groups attached to an aromatic ring is 1. The van der Waals surface area contributed by atoms with E-state index < -0.39 is 9.84 Å². The summed E-state index contributed by atoms with van der Waals surface area (Å²) in [6.07, 6.45) is 1.92. The Kier molecular flexibility index (Phi) is 4.57. The van der Waals surface area contributed by atoms with Crippen LogP contribution in [-0.2, 0) is 9.84 Å². The van der Waals surface area contributed by atoms with Crippen LogP contribution in [0.5, 0.6) is 0 Å². The molecule has 4 heteroatoms. The zero-order chi connectivity index (χ0) is 13.1. The number of rotatable bonds is 5. The molecule has 17 heavy (non-hydrogen) atoms. The summed E-state index contributed by atoms with van der Waals surface area (Å²) in [4.78, 5) is 0.278. The molecule has 0 heterocycles. The van der Waals surface area contributed by atoms with E-state index in [4.69, 9.17) is 5.73 Å². The summed E-state index contributed by atoms with van der Waals surface area (Å²) in [6.45, 7) is 5.89. The molecule has 96 valence electrons. The molecule has 0 saturated heterocycles. The van der Waals surface area contributed by atoms with Crippen molar-refractivity contribution in [3.05, 3.63) is 23.8 Å². The highest BCUT2D eigenvalue weighted by Crippen LogP contribution is 2.23. The number of aryl methyl sites for hydroxylation is 1. The van der Waals surface area contributed by atoms with Gasteiger partial charge in [-0.05, 0) is 37.0 Å². The minimum absolute atomic E-state index is 0.171. The molecule has 0 aromatic heterocycles. The van der Waals surface area contributed by atoms with Crippen LogP contribution in [0.25, 0.3) is 0 Å². The molecule has 1 aromatic carbocycles. The van der Waals surface area contributed by atoms with E-state index >= 15 is 0 Å². The summed E-state index contributed by atoms with van der Waals surface area (Å²) in [6, 6.07) is 5.14. The van der Waals surface area contributed by atoms with Crippen LogP contribution in [0.1, 0.15) is 32.3 Å². The van der Waals surface area contributed by atoms with Gasteiger partial charge < -0.3 is 5.73 Å². The maximum Gasteiger partial charge on any atom is 0.180 e. The molecular weight excluding hydrogens is 234 g/mol. The van der Waals surface area contributed by atoms with Gasteiger partial charge in [0.05, 0.1) is 16.3 Å². The third kappa shape index (κ3) is 3.73. The number of nitrogens with two attached hydrogens (primary N) is 1. The average molecular weight is 255 g/mol. The highest BCUT2D eigenvalue weighted by atomic mass is 32.2. The second-order valence-corrected chi connectivity index (χ2v) is 6.72. The van der Waals surface area contributed by atoms with Gasteiger partial charge in [0.1, 0.15) is 0 Å². The van der Waals surface area contributed by atoms with Crippen molar-refractivity contribution in [2.45, 2.75) is 38.5 Å². The molecule has 2 N–H and O–H groups in total. The lowest BCUT2D eigenvalue weighted by Gasteiger charge is -2.12. The molecule has 1 unspecified atom stereocenters. The van der Waals surface area contributed by atoms with Gasteiger partial charge in [0.15, 0.2) is 9.84 Å². The van der Waals surface area contributed by atoms with Crippen LogP contribution >= 0.6 is 0 Å². The molecule has 0 bridgehead atoms. The van der Waals surface area contributed by atoms with Crippen molar-refractivity contribution < 1.29 is 8.42 Å². The average Bonchev–Trinajstić information content (AvgIpc) is 2.21. The quantitative estimate of drug-likeness (QED) is 0.823. The number of hydrogen-bond acceptors (Lipinski definition) is 3. The van der Waals surface area contributed by atoms with Crippen molar-refractivity contribution in [1.29, 1.82) is 0 Å². The van der Waals surface area contributed by atoms with E-state index in [9.17, 15) is 8.42 Å². The summed E-state index contributed by atoms with van der Waals surface area (Å²) < 4.78 is 24.4. The van der Waals surface area contributed by atoms with Gasteiger partial charge in [0, 0.05) is 0 Å². The standard InChI is InChI=1S/C13H21NO2S/c1-4-5-11(3)9-17(15,16)13-8-10(2)6-7-12(13)14/h6-8,11H,4-5,9,14H2,1-3H3. The van der Waals surface area contributed by atoms with Crippen LogP contribution in [-0.4, -0.2) is 14.2 Å². The van der Waals surface area contributed by atoms with Crippen LogP contribution in [0.4, 0.5) is 5.69 Å². The molecule has 0 radical (unpaired) electrons. The van der Waals surface area contributed by atoms with Crippen molar-refractivity contribution in [2.75, 3.05) is 11.5 Å². The summed E-state index contributed by atoms with van der Waals surface area (Å²) in [5.74, 6) is 0.346. The first kappa shape index (κ1) is 14.0. The topological polar surface area (TPSA) is 60.2 Å². The van der Waals surface area contributed by atoms with Gasteiger partial charge in [0.25, 0.3) is 0 Å². The zero-order valence-electron chi connectivity index (χ0n) is 10.7. The zero-order valence-corrected chi connectivity index (χ0v) is 11.5. The summed E-state index contributed by atoms with van der Waals surface area (Å²) in [5.41, 5.74) is 7.01. The Labute approximate surface area is 104 Å². The first-order valence-electron chi connectivity index (χ1n) is 5.95. The van der Waals surface area contributed by atoms with Gasteiger partial charge in [-0.25, -0.2) is 8.42 Å². The molecule has 0 fully saturated rings. The van der Waals surface area contributed by atoms with Crippen molar-refractivity contribution in [3.63, 3.8) is 0 Å². The molecule has 1 rings (SSSR count). The van der Waals surface area contributed by atoms with E-state index in [2.05, 4.69) is 6.92 Å². The summed E-state index contributed by atoms with van der Waals surface area (Å²) in [5, 5.41) is 0. The predicted molar refractivity (Wildman–Crippen MR) is 71.7 cm³/mol. The summed E-state index contributed by atoms with van der Waals surface area (Å²) in [7, 11) is -3.26. The first-order valence-corrected chi connectivity index (χ1v) is 7.61. The molecule has 0 aliphatic heterocycles. The minimum Gasteiger partial charge on any atom is -0.398 e. The monoisotopic (exact) mass is 255 g/mol. The lowest BCUT2D eigenvalue weighted by atomic mass is 10.1. The third-order valence-corrected chi connectivity index (χ3v) is 4.82. The molecule has 0 spiro atoms. The Hall–Kier alpha value is -1.03. The number of benzene rings is 1. The maximum absolute atomic E-state index is 12.2. The molecule has 0 amide bonds. The molecule has 0 saturated carbocycles. The van der Waals surface area contributed by atoms with Gasteiger partial charge in [-0.1, -0.05) is 26.3 Å². The van der Waals surface area contributed by atoms with Crippen molar-refractivity contribution in [2.24, 2.45) is 5.92 Å². The lowest BCUT2D eigenvalue weighted by molar-refractivity contribution is 0.545. The Morgan fingerprint density at radius 2 is 2.00 bits per heavy atom. The Bertz CT molecular complexity index is 480. The SMILES string of the molecule is CCCC(C)CS(=O)(=O)c1cc(C)ccc1N. The normalized spacial score (nSPS) is 13.6. The molecule has 0 aliphatic rings. The number of hydrogen-bond donors (Lipinski definition) is 1. The Morgan fingerprint density at radius 1 is 1.35 bits per heavy atom. The highest BCUT2D eigenvalue weighted by Gasteiger charge is 2.20. The lowest BCUT2D eigenvalue weighted by Crippen LogP contribution is -2.15. The molecule has 1 aromatic rings. The van der Waals surface area contributed by atoms with Crippen molar-refractivity contribution in [3.8, 4) is 0 Å². The van der Waals surface area contributed by atoms with E-state index in [1.54, 1.807) is 12.1 Å². The van der Waals surface area contributed by atoms with E-state index in [0.29, 0.717) is 5.69 Å². The first-order chi connectivity index (χ1) is 7.86. The largest absolute Gasteiger partial charge is 0.398 e. The number of anilines is 1. The Balaban J connectivity index is 3.01. The third-order valence-electron chi connectivity index (χ3n) is 2.79. The van der Waals surface area contributed by atoms with Crippen LogP contribution in [0.3, 0.4) is 0 Å². The molecular formula is C13H21NO2S.